The first-order valence-corrected chi connectivity index (χ1v) is 8.95. The van der Waals surface area contributed by atoms with E-state index in [0.717, 1.165) is 24.8 Å². The van der Waals surface area contributed by atoms with Crippen LogP contribution in [0, 0.1) is 0 Å². The van der Waals surface area contributed by atoms with Crippen LogP contribution in [0.1, 0.15) is 45.1 Å². The van der Waals surface area contributed by atoms with E-state index in [2.05, 4.69) is 5.32 Å². The van der Waals surface area contributed by atoms with Crippen LogP contribution in [0.4, 0.5) is 0 Å². The van der Waals surface area contributed by atoms with Crippen LogP contribution < -0.4 is 14.8 Å². The number of hydrogen-bond donors (Lipinski definition) is 3. The van der Waals surface area contributed by atoms with Gasteiger partial charge in [-0.2, -0.15) is 0 Å². The highest BCUT2D eigenvalue weighted by Gasteiger charge is 2.33. The van der Waals surface area contributed by atoms with Crippen molar-refractivity contribution in [3.8, 4) is 11.5 Å². The van der Waals surface area contributed by atoms with Crippen molar-refractivity contribution in [2.45, 2.75) is 69.8 Å². The van der Waals surface area contributed by atoms with Crippen LogP contribution in [0.25, 0.3) is 0 Å². The highest BCUT2D eigenvalue weighted by Crippen LogP contribution is 2.41. The quantitative estimate of drug-likeness (QED) is 0.718. The zero-order valence-corrected chi connectivity index (χ0v) is 14.8. The Kier molecular flexibility index (Phi) is 5.20. The van der Waals surface area contributed by atoms with Gasteiger partial charge < -0.3 is 25.0 Å². The lowest BCUT2D eigenvalue weighted by Crippen LogP contribution is -2.48. The van der Waals surface area contributed by atoms with E-state index in [1.165, 1.54) is 0 Å². The second kappa shape index (κ2) is 7.22. The molecule has 1 saturated carbocycles. The topological polar surface area (TPSA) is 88.0 Å². The minimum absolute atomic E-state index is 0.153. The number of nitrogens with one attached hydrogen (secondary N) is 1. The van der Waals surface area contributed by atoms with E-state index in [4.69, 9.17) is 9.47 Å². The molecule has 2 aliphatic rings. The zero-order valence-electron chi connectivity index (χ0n) is 14.8. The third kappa shape index (κ3) is 4.25. The van der Waals surface area contributed by atoms with Crippen LogP contribution >= 0.6 is 0 Å². The van der Waals surface area contributed by atoms with Crippen molar-refractivity contribution in [1.29, 1.82) is 0 Å². The average molecular weight is 349 g/mol. The minimum atomic E-state index is -0.934. The summed E-state index contributed by atoms with van der Waals surface area (Å²) in [5.74, 6) is 0.943. The number of carbonyl (C=O) groups is 1. The molecule has 0 bridgehead atoms. The number of para-hydroxylation sites is 1. The average Bonchev–Trinajstić information content (AvgIpc) is 2.80. The zero-order chi connectivity index (χ0) is 18.0. The predicted molar refractivity (Wildman–Crippen MR) is 92.8 cm³/mol. The minimum Gasteiger partial charge on any atom is -0.483 e. The normalized spacial score (nSPS) is 27.8. The molecule has 1 aromatic rings. The number of rotatable bonds is 4. The van der Waals surface area contributed by atoms with Crippen molar-refractivity contribution in [2.75, 3.05) is 6.61 Å². The molecule has 3 atom stereocenters. The van der Waals surface area contributed by atoms with Crippen LogP contribution in [-0.2, 0) is 11.2 Å². The molecule has 3 rings (SSSR count). The molecular weight excluding hydrogens is 322 g/mol. The molecule has 1 aliphatic carbocycles. The van der Waals surface area contributed by atoms with Gasteiger partial charge >= 0.3 is 0 Å². The van der Waals surface area contributed by atoms with Crippen LogP contribution in [0.3, 0.4) is 0 Å². The second-order valence-corrected chi connectivity index (χ2v) is 7.59. The van der Waals surface area contributed by atoms with Gasteiger partial charge in [-0.3, -0.25) is 4.79 Å². The number of hydrogen-bond acceptors (Lipinski definition) is 5. The lowest BCUT2D eigenvalue weighted by molar-refractivity contribution is -0.125. The molecule has 138 valence electrons. The monoisotopic (exact) mass is 349 g/mol. The van der Waals surface area contributed by atoms with Gasteiger partial charge in [-0.1, -0.05) is 25.0 Å². The molecule has 25 heavy (non-hydrogen) atoms. The van der Waals surface area contributed by atoms with E-state index in [1.807, 2.05) is 26.0 Å². The van der Waals surface area contributed by atoms with Crippen LogP contribution in [0.2, 0.25) is 0 Å². The highest BCUT2D eigenvalue weighted by molar-refractivity contribution is 5.78. The Morgan fingerprint density at radius 3 is 2.88 bits per heavy atom. The van der Waals surface area contributed by atoms with Gasteiger partial charge in [0.25, 0.3) is 5.91 Å². The number of aliphatic hydroxyl groups excluding tert-OH is 2. The molecular formula is C19H27NO5. The number of aliphatic hydroxyl groups is 2. The molecule has 6 nitrogen and oxygen atoms in total. The van der Waals surface area contributed by atoms with Crippen LogP contribution in [0.15, 0.2) is 18.2 Å². The molecule has 0 spiro atoms. The smallest absolute Gasteiger partial charge is 0.258 e. The molecule has 1 fully saturated rings. The maximum Gasteiger partial charge on any atom is 0.258 e. The summed E-state index contributed by atoms with van der Waals surface area (Å²) >= 11 is 0. The predicted octanol–water partition coefficient (Wildman–Crippen LogP) is 1.56. The molecule has 0 unspecified atom stereocenters. The van der Waals surface area contributed by atoms with E-state index in [9.17, 15) is 15.0 Å². The Balaban J connectivity index is 1.58. The fourth-order valence-corrected chi connectivity index (χ4v) is 3.58. The third-order valence-corrected chi connectivity index (χ3v) is 4.83. The first-order chi connectivity index (χ1) is 11.9. The molecule has 0 aromatic heterocycles. The summed E-state index contributed by atoms with van der Waals surface area (Å²) in [6, 6.07) is 5.24. The number of benzene rings is 1. The molecule has 0 radical (unpaired) electrons. The van der Waals surface area contributed by atoms with E-state index >= 15 is 0 Å². The van der Waals surface area contributed by atoms with Crippen molar-refractivity contribution in [1.82, 2.24) is 5.32 Å². The number of ether oxygens (including phenoxy) is 2. The Labute approximate surface area is 148 Å². The van der Waals surface area contributed by atoms with Gasteiger partial charge in [0.1, 0.15) is 5.60 Å². The molecule has 0 saturated heterocycles. The van der Waals surface area contributed by atoms with Gasteiger partial charge in [-0.15, -0.1) is 0 Å². The lowest BCUT2D eigenvalue weighted by Gasteiger charge is -2.25. The Bertz CT molecular complexity index is 630. The van der Waals surface area contributed by atoms with Crippen LogP contribution in [-0.4, -0.2) is 46.6 Å². The summed E-state index contributed by atoms with van der Waals surface area (Å²) in [7, 11) is 0. The van der Waals surface area contributed by atoms with Gasteiger partial charge in [-0.25, -0.2) is 0 Å². The summed E-state index contributed by atoms with van der Waals surface area (Å²) in [6.45, 7) is 3.88. The summed E-state index contributed by atoms with van der Waals surface area (Å²) in [5.41, 5.74) is 0.801. The molecule has 1 aliphatic heterocycles. The summed E-state index contributed by atoms with van der Waals surface area (Å²) in [5, 5.41) is 22.7. The number of amides is 1. The first kappa shape index (κ1) is 18.0. The van der Waals surface area contributed by atoms with E-state index in [0.29, 0.717) is 24.3 Å². The summed E-state index contributed by atoms with van der Waals surface area (Å²) in [4.78, 5) is 12.2. The number of fused-ring (bicyclic) bond motifs is 1. The summed E-state index contributed by atoms with van der Waals surface area (Å²) < 4.78 is 11.6. The first-order valence-electron chi connectivity index (χ1n) is 8.95. The van der Waals surface area contributed by atoms with Crippen molar-refractivity contribution < 1.29 is 24.5 Å². The Morgan fingerprint density at radius 1 is 1.32 bits per heavy atom. The maximum absolute atomic E-state index is 12.2. The van der Waals surface area contributed by atoms with Crippen LogP contribution in [0.5, 0.6) is 11.5 Å². The largest absolute Gasteiger partial charge is 0.483 e. The van der Waals surface area contributed by atoms with Gasteiger partial charge in [0.05, 0.1) is 18.2 Å². The van der Waals surface area contributed by atoms with E-state index in [1.54, 1.807) is 6.07 Å². The standard InChI is InChI=1S/C19H27NO5/c1-19(2)10-12-6-5-9-15(18(12)25-19)24-11-16(22)20-13-7-3-4-8-14(21)17(13)23/h5-6,9,13-14,17,21,23H,3-4,7-8,10-11H2,1-2H3,(H,20,22)/t13-,14-,17-/m1/s1. The molecule has 6 heteroatoms. The lowest BCUT2D eigenvalue weighted by atomic mass is 10.0. The maximum atomic E-state index is 12.2. The number of carbonyl (C=O) groups excluding carboxylic acids is 1. The third-order valence-electron chi connectivity index (χ3n) is 4.83. The SMILES string of the molecule is CC1(C)Cc2cccc(OCC(=O)N[C@@H]3CCCC[C@@H](O)[C@@H]3O)c2O1. The van der Waals surface area contributed by atoms with E-state index < -0.39 is 18.2 Å². The fraction of sp³-hybridized carbons (Fsp3) is 0.632. The second-order valence-electron chi connectivity index (χ2n) is 7.59. The molecule has 1 amide bonds. The van der Waals surface area contributed by atoms with Crippen molar-refractivity contribution >= 4 is 5.91 Å². The van der Waals surface area contributed by atoms with Gasteiger partial charge in [-0.05, 0) is 32.8 Å². The van der Waals surface area contributed by atoms with Gasteiger partial charge in [0.2, 0.25) is 0 Å². The highest BCUT2D eigenvalue weighted by atomic mass is 16.5. The fourth-order valence-electron chi connectivity index (χ4n) is 3.58. The summed E-state index contributed by atoms with van der Waals surface area (Å²) in [6.07, 6.45) is 2.02. The van der Waals surface area contributed by atoms with Crippen molar-refractivity contribution in [3.05, 3.63) is 23.8 Å². The molecule has 3 N–H and O–H groups in total. The Hall–Kier alpha value is -1.79. The Morgan fingerprint density at radius 2 is 2.08 bits per heavy atom. The molecule has 1 aromatic carbocycles. The molecule has 1 heterocycles. The van der Waals surface area contributed by atoms with Crippen molar-refractivity contribution in [3.63, 3.8) is 0 Å². The van der Waals surface area contributed by atoms with Crippen molar-refractivity contribution in [2.24, 2.45) is 0 Å². The van der Waals surface area contributed by atoms with E-state index in [-0.39, 0.29) is 18.1 Å². The van der Waals surface area contributed by atoms with Gasteiger partial charge in [0, 0.05) is 12.0 Å². The van der Waals surface area contributed by atoms with Gasteiger partial charge in [0.15, 0.2) is 18.1 Å².